The van der Waals surface area contributed by atoms with Crippen LogP contribution >= 0.6 is 11.5 Å². The average Bonchev–Trinajstić information content (AvgIpc) is 3.61. The summed E-state index contributed by atoms with van der Waals surface area (Å²) in [6, 6.07) is 7.35. The minimum Gasteiger partial charge on any atom is -0.343 e. The molecule has 0 radical (unpaired) electrons. The van der Waals surface area contributed by atoms with Gasteiger partial charge in [0, 0.05) is 23.6 Å². The monoisotopic (exact) mass is 523 g/mol. The Morgan fingerprint density at radius 2 is 1.95 bits per heavy atom. The largest absolute Gasteiger partial charge is 0.343 e. The van der Waals surface area contributed by atoms with Crippen LogP contribution < -0.4 is 16.0 Å². The van der Waals surface area contributed by atoms with Crippen molar-refractivity contribution >= 4 is 34.3 Å². The Hall–Kier alpha value is -3.36. The summed E-state index contributed by atoms with van der Waals surface area (Å²) in [6.45, 7) is 2.23. The number of hydrogen-bond donors (Lipinski definition) is 3. The third-order valence-corrected chi connectivity index (χ3v) is 7.98. The van der Waals surface area contributed by atoms with Crippen molar-refractivity contribution in [2.75, 3.05) is 18.9 Å². The summed E-state index contributed by atoms with van der Waals surface area (Å²) >= 11 is 1.05. The Morgan fingerprint density at radius 1 is 1.16 bits per heavy atom. The molecule has 1 aromatic carbocycles. The van der Waals surface area contributed by atoms with Crippen LogP contribution in [0.2, 0.25) is 0 Å². The zero-order valence-electron chi connectivity index (χ0n) is 21.2. The number of hydrogen-bond acceptors (Lipinski definition) is 8. The van der Waals surface area contributed by atoms with Gasteiger partial charge < -0.3 is 20.9 Å². The average molecular weight is 524 g/mol. The maximum absolute atomic E-state index is 13.8. The van der Waals surface area contributed by atoms with Crippen molar-refractivity contribution in [1.82, 2.24) is 25.1 Å². The Labute approximate surface area is 221 Å². The fourth-order valence-electron chi connectivity index (χ4n) is 5.13. The smallest absolute Gasteiger partial charge is 0.247 e. The summed E-state index contributed by atoms with van der Waals surface area (Å²) in [4.78, 5) is 41.6. The van der Waals surface area contributed by atoms with E-state index in [0.717, 1.165) is 43.6 Å². The summed E-state index contributed by atoms with van der Waals surface area (Å²) in [7, 11) is 1.71. The fraction of sp³-hybridized carbons (Fsp3) is 0.538. The van der Waals surface area contributed by atoms with Crippen LogP contribution in [0.3, 0.4) is 0 Å². The van der Waals surface area contributed by atoms with E-state index in [1.807, 2.05) is 6.07 Å². The highest BCUT2D eigenvalue weighted by molar-refractivity contribution is 7.10. The highest BCUT2D eigenvalue weighted by Crippen LogP contribution is 2.32. The first-order chi connectivity index (χ1) is 17.9. The van der Waals surface area contributed by atoms with Crippen molar-refractivity contribution in [2.45, 2.75) is 70.0 Å². The first kappa shape index (κ1) is 26.7. The molecule has 2 aliphatic rings. The lowest BCUT2D eigenvalue weighted by Gasteiger charge is -2.35. The molecule has 37 heavy (non-hydrogen) atoms. The van der Waals surface area contributed by atoms with E-state index in [-0.39, 0.29) is 23.6 Å². The molecule has 3 N–H and O–H groups in total. The minimum atomic E-state index is -0.647. The molecule has 1 saturated heterocycles. The molecule has 0 spiro atoms. The topological polar surface area (TPSA) is 140 Å². The van der Waals surface area contributed by atoms with Crippen LogP contribution in [0.1, 0.15) is 57.4 Å². The number of likely N-dealkylation sites (N-methyl/N-ethyl adjacent to an activating group) is 1. The van der Waals surface area contributed by atoms with Crippen LogP contribution in [-0.4, -0.2) is 63.9 Å². The second-order valence-electron chi connectivity index (χ2n) is 9.72. The van der Waals surface area contributed by atoms with Crippen molar-refractivity contribution in [3.63, 3.8) is 0 Å². The number of nitriles is 1. The third-order valence-electron chi connectivity index (χ3n) is 7.34. The molecule has 1 aliphatic heterocycles. The molecule has 0 unspecified atom stereocenters. The van der Waals surface area contributed by atoms with Crippen LogP contribution in [0.15, 0.2) is 24.3 Å². The standard InChI is InChI=1S/C26H33N7O3S/c1-16(28-2)23(34)29-22(18-9-4-3-5-10-18)26(36)33-13-7-12-20(33)24(35)30-25-21(31-32-37-25)19-11-6-8-17(14-19)15-27/h6,8,11,14,16,18,20,22,28H,3-5,7,9-10,12-13H2,1-2H3,(H,29,34)(H,30,35)/t16-,20-,22-/m0/s1. The third kappa shape index (κ3) is 6.14. The van der Waals surface area contributed by atoms with Gasteiger partial charge in [-0.15, -0.1) is 5.10 Å². The Morgan fingerprint density at radius 3 is 2.68 bits per heavy atom. The molecule has 1 saturated carbocycles. The maximum Gasteiger partial charge on any atom is 0.247 e. The molecule has 3 amide bonds. The van der Waals surface area contributed by atoms with Gasteiger partial charge in [0.15, 0.2) is 0 Å². The number of rotatable bonds is 8. The van der Waals surface area contributed by atoms with Crippen LogP contribution in [0.25, 0.3) is 11.3 Å². The van der Waals surface area contributed by atoms with Crippen molar-refractivity contribution < 1.29 is 14.4 Å². The van der Waals surface area contributed by atoms with Gasteiger partial charge in [-0.1, -0.05) is 35.9 Å². The van der Waals surface area contributed by atoms with Gasteiger partial charge in [-0.2, -0.15) is 5.26 Å². The van der Waals surface area contributed by atoms with Gasteiger partial charge in [-0.3, -0.25) is 14.4 Å². The fourth-order valence-corrected chi connectivity index (χ4v) is 5.73. The van der Waals surface area contributed by atoms with Crippen LogP contribution in [0.4, 0.5) is 5.00 Å². The van der Waals surface area contributed by atoms with Crippen molar-refractivity contribution in [2.24, 2.45) is 5.92 Å². The number of nitrogens with one attached hydrogen (secondary N) is 3. The van der Waals surface area contributed by atoms with Crippen molar-refractivity contribution in [3.05, 3.63) is 29.8 Å². The van der Waals surface area contributed by atoms with E-state index in [9.17, 15) is 19.6 Å². The molecular weight excluding hydrogens is 490 g/mol. The molecule has 2 fully saturated rings. The lowest BCUT2D eigenvalue weighted by atomic mass is 9.83. The van der Waals surface area contributed by atoms with E-state index >= 15 is 0 Å². The normalized spacial score (nSPS) is 19.6. The van der Waals surface area contributed by atoms with Gasteiger partial charge in [0.2, 0.25) is 17.7 Å². The zero-order chi connectivity index (χ0) is 26.4. The van der Waals surface area contributed by atoms with Crippen molar-refractivity contribution in [3.8, 4) is 17.3 Å². The lowest BCUT2D eigenvalue weighted by Crippen LogP contribution is -2.57. The number of nitrogens with zero attached hydrogens (tertiary/aromatic N) is 4. The maximum atomic E-state index is 13.8. The molecule has 1 aliphatic carbocycles. The highest BCUT2D eigenvalue weighted by atomic mass is 32.1. The van der Waals surface area contributed by atoms with Gasteiger partial charge in [-0.25, -0.2) is 0 Å². The predicted octanol–water partition coefficient (Wildman–Crippen LogP) is 2.68. The number of anilines is 1. The number of aromatic nitrogens is 2. The van der Waals surface area contributed by atoms with Crippen molar-refractivity contribution in [1.29, 1.82) is 5.26 Å². The number of benzene rings is 1. The lowest BCUT2D eigenvalue weighted by molar-refractivity contribution is -0.142. The Bertz CT molecular complexity index is 1170. The molecule has 4 rings (SSSR count). The second-order valence-corrected chi connectivity index (χ2v) is 10.5. The molecule has 2 heterocycles. The van der Waals surface area contributed by atoms with E-state index in [0.29, 0.717) is 41.2 Å². The Balaban J connectivity index is 1.51. The summed E-state index contributed by atoms with van der Waals surface area (Å²) in [5.74, 6) is -0.646. The van der Waals surface area contributed by atoms with E-state index < -0.39 is 18.1 Å². The number of likely N-dealkylation sites (tertiary alicyclic amines) is 1. The molecule has 3 atom stereocenters. The molecule has 0 bridgehead atoms. The molecule has 2 aromatic rings. The number of carbonyl (C=O) groups excluding carboxylic acids is 3. The first-order valence-corrected chi connectivity index (χ1v) is 13.6. The van der Waals surface area contributed by atoms with Gasteiger partial charge in [0.25, 0.3) is 0 Å². The molecule has 11 heteroatoms. The van der Waals surface area contributed by atoms with E-state index in [2.05, 4.69) is 31.6 Å². The second kappa shape index (κ2) is 12.3. The van der Waals surface area contributed by atoms with Gasteiger partial charge in [0.1, 0.15) is 22.8 Å². The summed E-state index contributed by atoms with van der Waals surface area (Å²) in [5.41, 5.74) is 1.65. The zero-order valence-corrected chi connectivity index (χ0v) is 22.0. The van der Waals surface area contributed by atoms with E-state index in [1.54, 1.807) is 37.1 Å². The highest BCUT2D eigenvalue weighted by Gasteiger charge is 2.41. The molecule has 1 aromatic heterocycles. The first-order valence-electron chi connectivity index (χ1n) is 12.8. The summed E-state index contributed by atoms with van der Waals surface area (Å²) in [6.07, 6.45) is 6.21. The summed E-state index contributed by atoms with van der Waals surface area (Å²) < 4.78 is 3.99. The van der Waals surface area contributed by atoms with Gasteiger partial charge >= 0.3 is 0 Å². The molecule has 10 nitrogen and oxygen atoms in total. The minimum absolute atomic E-state index is 0.0586. The van der Waals surface area contributed by atoms with Gasteiger partial charge in [0.05, 0.1) is 17.7 Å². The van der Waals surface area contributed by atoms with E-state index in [1.165, 1.54) is 0 Å². The quantitative estimate of drug-likeness (QED) is 0.483. The summed E-state index contributed by atoms with van der Waals surface area (Å²) in [5, 5.41) is 22.7. The molecular formula is C26H33N7O3S. The van der Waals surface area contributed by atoms with Crippen LogP contribution in [0.5, 0.6) is 0 Å². The van der Waals surface area contributed by atoms with Crippen LogP contribution in [-0.2, 0) is 14.4 Å². The van der Waals surface area contributed by atoms with E-state index in [4.69, 9.17) is 0 Å². The SMILES string of the molecule is CN[C@@H](C)C(=O)N[C@H](C(=O)N1CCC[C@H]1C(=O)Nc1snnc1-c1cccc(C#N)c1)C1CCCCC1. The molecule has 196 valence electrons. The Kier molecular flexibility index (Phi) is 8.84. The number of amides is 3. The van der Waals surface area contributed by atoms with Crippen LogP contribution in [0, 0.1) is 17.2 Å². The predicted molar refractivity (Wildman–Crippen MR) is 140 cm³/mol. The number of carbonyl (C=O) groups is 3. The van der Waals surface area contributed by atoms with Gasteiger partial charge in [-0.05, 0) is 57.7 Å².